The minimum atomic E-state index is -0.552. The lowest BCUT2D eigenvalue weighted by atomic mass is 9.96. The normalized spacial score (nSPS) is 12.7. The summed E-state index contributed by atoms with van der Waals surface area (Å²) in [7, 11) is 0. The third kappa shape index (κ3) is 2.74. The van der Waals surface area contributed by atoms with Crippen LogP contribution in [0, 0.1) is 12.8 Å². The van der Waals surface area contributed by atoms with Gasteiger partial charge in [0.05, 0.1) is 18.4 Å². The van der Waals surface area contributed by atoms with Gasteiger partial charge in [-0.3, -0.25) is 4.79 Å². The summed E-state index contributed by atoms with van der Waals surface area (Å²) < 4.78 is 15.5. The van der Waals surface area contributed by atoms with Crippen LogP contribution in [0.3, 0.4) is 0 Å². The van der Waals surface area contributed by atoms with E-state index in [1.54, 1.807) is 19.3 Å². The monoisotopic (exact) mass is 278 g/mol. The highest BCUT2D eigenvalue weighted by Crippen LogP contribution is 2.28. The van der Waals surface area contributed by atoms with Gasteiger partial charge in [-0.1, -0.05) is 19.0 Å². The van der Waals surface area contributed by atoms with Crippen molar-refractivity contribution in [3.63, 3.8) is 0 Å². The predicted molar refractivity (Wildman–Crippen MR) is 70.9 cm³/mol. The van der Waals surface area contributed by atoms with Gasteiger partial charge < -0.3 is 13.7 Å². The van der Waals surface area contributed by atoms with E-state index in [9.17, 15) is 4.79 Å². The summed E-state index contributed by atoms with van der Waals surface area (Å²) in [5, 5.41) is 3.91. The molecule has 0 radical (unpaired) electrons. The zero-order valence-electron chi connectivity index (χ0n) is 12.0. The van der Waals surface area contributed by atoms with Crippen LogP contribution in [0.25, 0.3) is 11.4 Å². The molecule has 0 saturated carbocycles. The molecule has 0 spiro atoms. The fourth-order valence-corrected chi connectivity index (χ4v) is 1.98. The Morgan fingerprint density at radius 2 is 2.20 bits per heavy atom. The van der Waals surface area contributed by atoms with Gasteiger partial charge in [0.15, 0.2) is 0 Å². The lowest BCUT2D eigenvalue weighted by Crippen LogP contribution is -2.21. The molecule has 20 heavy (non-hydrogen) atoms. The molecule has 6 nitrogen and oxygen atoms in total. The van der Waals surface area contributed by atoms with Crippen molar-refractivity contribution in [3.05, 3.63) is 24.0 Å². The minimum absolute atomic E-state index is 0.00722. The molecular weight excluding hydrogens is 260 g/mol. The minimum Gasteiger partial charge on any atom is -0.469 e. The number of furan rings is 1. The van der Waals surface area contributed by atoms with Gasteiger partial charge >= 0.3 is 5.97 Å². The van der Waals surface area contributed by atoms with E-state index in [1.165, 1.54) is 0 Å². The average molecular weight is 278 g/mol. The number of hydrogen-bond acceptors (Lipinski definition) is 6. The fraction of sp³-hybridized carbons (Fsp3) is 0.500. The Morgan fingerprint density at radius 3 is 2.75 bits per heavy atom. The lowest BCUT2D eigenvalue weighted by molar-refractivity contribution is -0.146. The summed E-state index contributed by atoms with van der Waals surface area (Å²) in [6, 6.07) is 1.76. The Morgan fingerprint density at radius 1 is 1.45 bits per heavy atom. The van der Waals surface area contributed by atoms with Crippen molar-refractivity contribution in [1.82, 2.24) is 10.1 Å². The Hall–Kier alpha value is -2.11. The highest BCUT2D eigenvalue weighted by molar-refractivity contribution is 5.77. The standard InChI is InChI=1S/C14H18N2O4/c1-5-18-14(17)11(8(2)3)13-15-12(16-20-13)10-6-7-19-9(10)4/h6-8,11H,5H2,1-4H3. The summed E-state index contributed by atoms with van der Waals surface area (Å²) in [5.41, 5.74) is 0.756. The number of aryl methyl sites for hydroxylation is 1. The van der Waals surface area contributed by atoms with E-state index in [-0.39, 0.29) is 17.8 Å². The molecule has 0 saturated heterocycles. The molecule has 2 heterocycles. The number of carbonyl (C=O) groups excluding carboxylic acids is 1. The third-order valence-electron chi connectivity index (χ3n) is 3.01. The highest BCUT2D eigenvalue weighted by atomic mass is 16.5. The molecule has 0 fully saturated rings. The largest absolute Gasteiger partial charge is 0.469 e. The Balaban J connectivity index is 2.30. The predicted octanol–water partition coefficient (Wildman–Crippen LogP) is 2.94. The van der Waals surface area contributed by atoms with Crippen LogP contribution in [0.4, 0.5) is 0 Å². The van der Waals surface area contributed by atoms with Crippen molar-refractivity contribution >= 4 is 5.97 Å². The first-order valence-corrected chi connectivity index (χ1v) is 6.59. The average Bonchev–Trinajstić information content (AvgIpc) is 2.98. The second-order valence-electron chi connectivity index (χ2n) is 4.82. The summed E-state index contributed by atoms with van der Waals surface area (Å²) >= 11 is 0. The molecule has 2 aromatic heterocycles. The van der Waals surface area contributed by atoms with Gasteiger partial charge in [-0.2, -0.15) is 4.98 Å². The zero-order chi connectivity index (χ0) is 14.7. The van der Waals surface area contributed by atoms with Crippen LogP contribution in [0.2, 0.25) is 0 Å². The van der Waals surface area contributed by atoms with Gasteiger partial charge in [0.2, 0.25) is 11.7 Å². The van der Waals surface area contributed by atoms with Crippen LogP contribution in [0.1, 0.15) is 38.3 Å². The summed E-state index contributed by atoms with van der Waals surface area (Å²) in [6.07, 6.45) is 1.56. The second kappa shape index (κ2) is 5.90. The van der Waals surface area contributed by atoms with E-state index in [0.29, 0.717) is 18.2 Å². The third-order valence-corrected chi connectivity index (χ3v) is 3.01. The summed E-state index contributed by atoms with van der Waals surface area (Å²) in [4.78, 5) is 16.3. The number of aromatic nitrogens is 2. The number of hydrogen-bond donors (Lipinski definition) is 0. The number of ether oxygens (including phenoxy) is 1. The maximum Gasteiger partial charge on any atom is 0.318 e. The molecule has 0 amide bonds. The molecule has 0 N–H and O–H groups in total. The Kier molecular flexibility index (Phi) is 4.22. The maximum absolute atomic E-state index is 12.0. The maximum atomic E-state index is 12.0. The fourth-order valence-electron chi connectivity index (χ4n) is 1.98. The van der Waals surface area contributed by atoms with Gasteiger partial charge in [0, 0.05) is 0 Å². The number of rotatable bonds is 5. The first-order chi connectivity index (χ1) is 9.54. The first kappa shape index (κ1) is 14.3. The lowest BCUT2D eigenvalue weighted by Gasteiger charge is -2.14. The van der Waals surface area contributed by atoms with Crippen molar-refractivity contribution in [2.75, 3.05) is 6.61 Å². The van der Waals surface area contributed by atoms with E-state index >= 15 is 0 Å². The highest BCUT2D eigenvalue weighted by Gasteiger charge is 2.31. The molecule has 2 aromatic rings. The van der Waals surface area contributed by atoms with E-state index in [4.69, 9.17) is 13.7 Å². The molecule has 2 rings (SSSR count). The first-order valence-electron chi connectivity index (χ1n) is 6.59. The van der Waals surface area contributed by atoms with E-state index < -0.39 is 5.92 Å². The molecule has 0 aliphatic rings. The molecule has 6 heteroatoms. The van der Waals surface area contributed by atoms with Gasteiger partial charge in [-0.15, -0.1) is 0 Å². The quantitative estimate of drug-likeness (QED) is 0.782. The molecule has 0 bridgehead atoms. The molecule has 0 aliphatic carbocycles. The number of carbonyl (C=O) groups is 1. The zero-order valence-corrected chi connectivity index (χ0v) is 12.0. The van der Waals surface area contributed by atoms with Crippen LogP contribution in [0.5, 0.6) is 0 Å². The number of nitrogens with zero attached hydrogens (tertiary/aromatic N) is 2. The smallest absolute Gasteiger partial charge is 0.318 e. The Labute approximate surface area is 117 Å². The molecule has 108 valence electrons. The van der Waals surface area contributed by atoms with Gasteiger partial charge in [-0.05, 0) is 25.8 Å². The van der Waals surface area contributed by atoms with E-state index in [2.05, 4.69) is 10.1 Å². The molecule has 1 atom stereocenters. The van der Waals surface area contributed by atoms with Crippen molar-refractivity contribution < 1.29 is 18.5 Å². The van der Waals surface area contributed by atoms with Crippen molar-refractivity contribution in [2.24, 2.45) is 5.92 Å². The van der Waals surface area contributed by atoms with Crippen molar-refractivity contribution in [2.45, 2.75) is 33.6 Å². The van der Waals surface area contributed by atoms with Crippen molar-refractivity contribution in [3.8, 4) is 11.4 Å². The Bertz CT molecular complexity index is 586. The van der Waals surface area contributed by atoms with E-state index in [0.717, 1.165) is 5.56 Å². The van der Waals surface area contributed by atoms with Gasteiger partial charge in [-0.25, -0.2) is 0 Å². The number of esters is 1. The summed E-state index contributed by atoms with van der Waals surface area (Å²) in [5.74, 6) is 0.502. The van der Waals surface area contributed by atoms with Crippen LogP contribution in [0.15, 0.2) is 21.3 Å². The SMILES string of the molecule is CCOC(=O)C(c1nc(-c2ccoc2C)no1)C(C)C. The van der Waals surface area contributed by atoms with Crippen LogP contribution in [-0.4, -0.2) is 22.7 Å². The van der Waals surface area contributed by atoms with E-state index in [1.807, 2.05) is 20.8 Å². The summed E-state index contributed by atoms with van der Waals surface area (Å²) in [6.45, 7) is 7.73. The van der Waals surface area contributed by atoms with Crippen LogP contribution in [-0.2, 0) is 9.53 Å². The second-order valence-corrected chi connectivity index (χ2v) is 4.82. The van der Waals surface area contributed by atoms with Crippen LogP contribution >= 0.6 is 0 Å². The molecule has 0 aliphatic heterocycles. The molecule has 1 unspecified atom stereocenters. The molecule has 0 aromatic carbocycles. The van der Waals surface area contributed by atoms with Crippen LogP contribution < -0.4 is 0 Å². The van der Waals surface area contributed by atoms with Gasteiger partial charge in [0.1, 0.15) is 11.7 Å². The molecular formula is C14H18N2O4. The van der Waals surface area contributed by atoms with Gasteiger partial charge in [0.25, 0.3) is 0 Å². The van der Waals surface area contributed by atoms with Crippen molar-refractivity contribution in [1.29, 1.82) is 0 Å². The topological polar surface area (TPSA) is 78.4 Å².